The van der Waals surface area contributed by atoms with Crippen LogP contribution in [0, 0.1) is 5.92 Å². The number of rotatable bonds is 10. The first kappa shape index (κ1) is 31.1. The van der Waals surface area contributed by atoms with Gasteiger partial charge in [0.2, 0.25) is 10.0 Å². The molecule has 1 amide bonds. The Morgan fingerprint density at radius 1 is 1.21 bits per heavy atom. The molecule has 38 heavy (non-hydrogen) atoms. The van der Waals surface area contributed by atoms with Gasteiger partial charge in [0, 0.05) is 12.1 Å². The van der Waals surface area contributed by atoms with Gasteiger partial charge >= 0.3 is 6.18 Å². The summed E-state index contributed by atoms with van der Waals surface area (Å²) < 4.78 is 65.7. The number of hydrogen-bond acceptors (Lipinski definition) is 6. The highest BCUT2D eigenvalue weighted by atomic mass is 35.5. The molecule has 1 heterocycles. The van der Waals surface area contributed by atoms with Crippen molar-refractivity contribution in [3.05, 3.63) is 32.9 Å². The maximum atomic E-state index is 12.9. The minimum absolute atomic E-state index is 0.000638. The van der Waals surface area contributed by atoms with Crippen molar-refractivity contribution >= 4 is 50.5 Å². The number of halogens is 5. The van der Waals surface area contributed by atoms with E-state index in [9.17, 15) is 31.5 Å². The van der Waals surface area contributed by atoms with Gasteiger partial charge in [0.25, 0.3) is 5.91 Å². The predicted octanol–water partition coefficient (Wildman–Crippen LogP) is 5.97. The van der Waals surface area contributed by atoms with Crippen LogP contribution in [0.4, 0.5) is 13.2 Å². The number of sulfonamides is 1. The number of nitrogens with zero attached hydrogens (tertiary/aromatic N) is 1. The van der Waals surface area contributed by atoms with Gasteiger partial charge in [0.15, 0.2) is 5.01 Å². The number of thiazole rings is 1. The summed E-state index contributed by atoms with van der Waals surface area (Å²) >= 11 is 13.8. The van der Waals surface area contributed by atoms with Crippen LogP contribution < -0.4 is 10.0 Å². The Bertz CT molecular complexity index is 1270. The van der Waals surface area contributed by atoms with Crippen LogP contribution in [0.25, 0.3) is 10.4 Å². The van der Waals surface area contributed by atoms with E-state index in [2.05, 4.69) is 10.3 Å². The van der Waals surface area contributed by atoms with E-state index in [1.54, 1.807) is 18.6 Å². The second-order valence-electron chi connectivity index (χ2n) is 10.1. The summed E-state index contributed by atoms with van der Waals surface area (Å²) in [5, 5.41) is 12.1. The SMILES string of the molecule is CC(NS(=O)(=O)c1ccc(-c2sc(C(=O)NCC(C)(C)O)nc2CCC2CCCC2)c(Cl)c1Cl)C(F)(F)F. The lowest BCUT2D eigenvalue weighted by atomic mass is 9.99. The molecule has 2 aromatic rings. The average Bonchev–Trinajstić information content (AvgIpc) is 3.46. The zero-order chi connectivity index (χ0) is 28.5. The summed E-state index contributed by atoms with van der Waals surface area (Å²) in [5.41, 5.74) is -0.218. The van der Waals surface area contributed by atoms with Crippen LogP contribution in [0.2, 0.25) is 10.0 Å². The van der Waals surface area contributed by atoms with Gasteiger partial charge in [-0.15, -0.1) is 11.3 Å². The molecule has 1 aromatic carbocycles. The molecular weight excluding hydrogens is 586 g/mol. The van der Waals surface area contributed by atoms with Gasteiger partial charge < -0.3 is 10.4 Å². The molecule has 3 N–H and O–H groups in total. The number of benzene rings is 1. The molecule has 1 fully saturated rings. The molecule has 0 bridgehead atoms. The highest BCUT2D eigenvalue weighted by Crippen LogP contribution is 2.42. The predicted molar refractivity (Wildman–Crippen MR) is 142 cm³/mol. The van der Waals surface area contributed by atoms with Crippen molar-refractivity contribution in [1.82, 2.24) is 15.0 Å². The number of aryl methyl sites for hydroxylation is 1. The number of carbonyl (C=O) groups excluding carboxylic acids is 1. The summed E-state index contributed by atoms with van der Waals surface area (Å²) in [7, 11) is -4.64. The Balaban J connectivity index is 1.97. The molecule has 0 spiro atoms. The maximum Gasteiger partial charge on any atom is 0.404 e. The van der Waals surface area contributed by atoms with Crippen molar-refractivity contribution in [2.75, 3.05) is 6.54 Å². The molecule has 3 rings (SSSR count). The average molecular weight is 617 g/mol. The number of aliphatic hydroxyl groups is 1. The van der Waals surface area contributed by atoms with Gasteiger partial charge in [-0.05, 0) is 45.6 Å². The van der Waals surface area contributed by atoms with Crippen LogP contribution in [0.15, 0.2) is 17.0 Å². The lowest BCUT2D eigenvalue weighted by Crippen LogP contribution is -2.43. The van der Waals surface area contributed by atoms with Crippen molar-refractivity contribution in [3.63, 3.8) is 0 Å². The maximum absolute atomic E-state index is 12.9. The van der Waals surface area contributed by atoms with Crippen molar-refractivity contribution in [2.24, 2.45) is 5.92 Å². The van der Waals surface area contributed by atoms with E-state index in [4.69, 9.17) is 23.2 Å². The molecule has 0 aliphatic heterocycles. The molecule has 1 aliphatic rings. The summed E-state index contributed by atoms with van der Waals surface area (Å²) in [4.78, 5) is 17.2. The first-order valence-electron chi connectivity index (χ1n) is 12.1. The van der Waals surface area contributed by atoms with Crippen molar-refractivity contribution in [2.45, 2.75) is 82.0 Å². The Hall–Kier alpha value is -1.44. The van der Waals surface area contributed by atoms with Crippen molar-refractivity contribution in [3.8, 4) is 10.4 Å². The Kier molecular flexibility index (Phi) is 9.80. The van der Waals surface area contributed by atoms with Gasteiger partial charge in [-0.3, -0.25) is 4.79 Å². The van der Waals surface area contributed by atoms with Crippen LogP contribution in [-0.4, -0.2) is 48.8 Å². The van der Waals surface area contributed by atoms with E-state index in [0.717, 1.165) is 49.5 Å². The number of amides is 1. The molecular formula is C24H30Cl2F3N3O4S2. The first-order chi connectivity index (χ1) is 17.5. The van der Waals surface area contributed by atoms with E-state index in [-0.39, 0.29) is 16.6 Å². The zero-order valence-corrected chi connectivity index (χ0v) is 24.2. The summed E-state index contributed by atoms with van der Waals surface area (Å²) in [6.07, 6.45) is 1.16. The molecule has 0 saturated heterocycles. The number of aromatic nitrogens is 1. The lowest BCUT2D eigenvalue weighted by molar-refractivity contribution is -0.147. The molecule has 1 unspecified atom stereocenters. The van der Waals surface area contributed by atoms with Gasteiger partial charge in [-0.2, -0.15) is 17.9 Å². The van der Waals surface area contributed by atoms with Crippen LogP contribution in [-0.2, 0) is 16.4 Å². The van der Waals surface area contributed by atoms with E-state index in [1.165, 1.54) is 6.07 Å². The molecule has 1 aliphatic carbocycles. The fourth-order valence-corrected chi connectivity index (χ4v) is 7.33. The summed E-state index contributed by atoms with van der Waals surface area (Å²) in [6, 6.07) is 0.103. The van der Waals surface area contributed by atoms with Crippen molar-refractivity contribution in [1.29, 1.82) is 0 Å². The fourth-order valence-electron chi connectivity index (χ4n) is 4.12. The number of hydrogen-bond donors (Lipinski definition) is 3. The highest BCUT2D eigenvalue weighted by molar-refractivity contribution is 7.89. The minimum Gasteiger partial charge on any atom is -0.389 e. The quantitative estimate of drug-likeness (QED) is 0.305. The third kappa shape index (κ3) is 7.82. The Morgan fingerprint density at radius 3 is 2.42 bits per heavy atom. The molecule has 1 saturated carbocycles. The second kappa shape index (κ2) is 12.0. The van der Waals surface area contributed by atoms with Crippen LogP contribution in [0.3, 0.4) is 0 Å². The van der Waals surface area contributed by atoms with Crippen LogP contribution in [0.5, 0.6) is 0 Å². The van der Waals surface area contributed by atoms with Gasteiger partial charge in [0.1, 0.15) is 10.9 Å². The second-order valence-corrected chi connectivity index (χ2v) is 13.5. The Morgan fingerprint density at radius 2 is 1.84 bits per heavy atom. The molecule has 1 aromatic heterocycles. The largest absolute Gasteiger partial charge is 0.404 e. The van der Waals surface area contributed by atoms with Crippen LogP contribution in [0.1, 0.15) is 68.4 Å². The number of nitrogens with one attached hydrogen (secondary N) is 2. The van der Waals surface area contributed by atoms with Gasteiger partial charge in [-0.25, -0.2) is 13.4 Å². The topological polar surface area (TPSA) is 108 Å². The number of alkyl halides is 3. The normalized spacial score (nSPS) is 16.1. The van der Waals surface area contributed by atoms with Crippen molar-refractivity contribution < 1.29 is 31.5 Å². The Labute approximate surface area is 234 Å². The third-order valence-electron chi connectivity index (χ3n) is 6.24. The van der Waals surface area contributed by atoms with E-state index < -0.39 is 43.7 Å². The molecule has 14 heteroatoms. The first-order valence-corrected chi connectivity index (χ1v) is 15.1. The molecule has 212 valence electrons. The van der Waals surface area contributed by atoms with Gasteiger partial charge in [-0.1, -0.05) is 55.0 Å². The summed E-state index contributed by atoms with van der Waals surface area (Å²) in [5.74, 6) is 0.0440. The van der Waals surface area contributed by atoms with Gasteiger partial charge in [0.05, 0.1) is 26.2 Å². The smallest absolute Gasteiger partial charge is 0.389 e. The summed E-state index contributed by atoms with van der Waals surface area (Å²) in [6.45, 7) is 3.78. The minimum atomic E-state index is -4.79. The fraction of sp³-hybridized carbons (Fsp3) is 0.583. The highest BCUT2D eigenvalue weighted by Gasteiger charge is 2.39. The van der Waals surface area contributed by atoms with Crippen LogP contribution >= 0.6 is 34.5 Å². The zero-order valence-electron chi connectivity index (χ0n) is 21.1. The third-order valence-corrected chi connectivity index (χ3v) is 9.95. The lowest BCUT2D eigenvalue weighted by Gasteiger charge is -2.18. The molecule has 0 radical (unpaired) electrons. The molecule has 7 nitrogen and oxygen atoms in total. The van der Waals surface area contributed by atoms with E-state index in [1.807, 2.05) is 0 Å². The standard InChI is InChI=1S/C24H30Cl2F3N3O4S2/c1-13(24(27,28)29)32-38(35,36)17-11-9-15(18(25)19(17)26)20-16(10-8-14-6-4-5-7-14)31-22(37-20)21(33)30-12-23(2,3)34/h9,11,13-14,32,34H,4-8,10,12H2,1-3H3,(H,30,33). The number of carbonyl (C=O) groups is 1. The molecule has 1 atom stereocenters. The van der Waals surface area contributed by atoms with E-state index >= 15 is 0 Å². The monoisotopic (exact) mass is 615 g/mol. The van der Waals surface area contributed by atoms with E-state index in [0.29, 0.717) is 35.4 Å².